The SMILES string of the molecule is CN[C@H]1[C@@H](CO[Si](C)(C)C(C)(C)C)[C@@H](O)[C@@H](OCc2ccccc2)[C@H](OCc2ccccc2)[C@@H]1OCc1ccccc1. The number of aliphatic hydroxyl groups excluding tert-OH is 1. The Balaban J connectivity index is 1.66. The van der Waals surface area contributed by atoms with Crippen LogP contribution in [0.25, 0.3) is 0 Å². The largest absolute Gasteiger partial charge is 0.416 e. The third kappa shape index (κ3) is 8.38. The summed E-state index contributed by atoms with van der Waals surface area (Å²) in [6.07, 6.45) is -2.36. The molecule has 0 unspecified atom stereocenters. The minimum Gasteiger partial charge on any atom is -0.416 e. The van der Waals surface area contributed by atoms with Crippen molar-refractivity contribution in [3.05, 3.63) is 108 Å². The molecule has 6 nitrogen and oxygen atoms in total. The average Bonchev–Trinajstić information content (AvgIpc) is 2.99. The van der Waals surface area contributed by atoms with Crippen molar-refractivity contribution in [2.45, 2.75) is 89.2 Å². The first-order valence-corrected chi connectivity index (χ1v) is 18.0. The van der Waals surface area contributed by atoms with Crippen LogP contribution in [0.3, 0.4) is 0 Å². The molecule has 0 spiro atoms. The zero-order valence-electron chi connectivity index (χ0n) is 26.0. The van der Waals surface area contributed by atoms with E-state index in [-0.39, 0.29) is 17.0 Å². The lowest BCUT2D eigenvalue weighted by Crippen LogP contribution is -2.67. The van der Waals surface area contributed by atoms with Crippen molar-refractivity contribution in [2.75, 3.05) is 13.7 Å². The lowest BCUT2D eigenvalue weighted by molar-refractivity contribution is -0.229. The number of hydrogen-bond donors (Lipinski definition) is 2. The number of rotatable bonds is 13. The van der Waals surface area contributed by atoms with Gasteiger partial charge in [0.1, 0.15) is 18.3 Å². The van der Waals surface area contributed by atoms with Crippen LogP contribution in [-0.4, -0.2) is 57.5 Å². The Morgan fingerprint density at radius 1 is 0.667 bits per heavy atom. The summed E-state index contributed by atoms with van der Waals surface area (Å²) in [5, 5.41) is 15.5. The van der Waals surface area contributed by atoms with Crippen LogP contribution < -0.4 is 5.32 Å². The maximum Gasteiger partial charge on any atom is 0.191 e. The van der Waals surface area contributed by atoms with Gasteiger partial charge in [0.25, 0.3) is 0 Å². The molecule has 0 heterocycles. The second-order valence-electron chi connectivity index (χ2n) is 12.8. The van der Waals surface area contributed by atoms with Crippen molar-refractivity contribution in [3.63, 3.8) is 0 Å². The smallest absolute Gasteiger partial charge is 0.191 e. The molecule has 1 fully saturated rings. The molecule has 0 aromatic heterocycles. The van der Waals surface area contributed by atoms with Gasteiger partial charge in [0.15, 0.2) is 8.32 Å². The maximum atomic E-state index is 12.0. The fourth-order valence-electron chi connectivity index (χ4n) is 5.27. The van der Waals surface area contributed by atoms with Gasteiger partial charge < -0.3 is 29.1 Å². The van der Waals surface area contributed by atoms with E-state index in [0.717, 1.165) is 16.7 Å². The van der Waals surface area contributed by atoms with Crippen LogP contribution in [0.15, 0.2) is 91.0 Å². The van der Waals surface area contributed by atoms with E-state index in [1.165, 1.54) is 0 Å². The van der Waals surface area contributed by atoms with Crippen LogP contribution in [0.5, 0.6) is 0 Å². The average molecular weight is 592 g/mol. The summed E-state index contributed by atoms with van der Waals surface area (Å²) in [5.74, 6) is -0.262. The van der Waals surface area contributed by atoms with Crippen molar-refractivity contribution < 1.29 is 23.7 Å². The molecule has 42 heavy (non-hydrogen) atoms. The Bertz CT molecular complexity index is 1190. The molecule has 6 atom stereocenters. The second kappa shape index (κ2) is 14.9. The van der Waals surface area contributed by atoms with Crippen molar-refractivity contribution >= 4 is 8.32 Å². The normalized spacial score (nSPS) is 24.9. The summed E-state index contributed by atoms with van der Waals surface area (Å²) in [4.78, 5) is 0. The first-order valence-electron chi connectivity index (χ1n) is 15.1. The monoisotopic (exact) mass is 591 g/mol. The predicted molar refractivity (Wildman–Crippen MR) is 171 cm³/mol. The molecule has 0 radical (unpaired) electrons. The molecule has 0 saturated heterocycles. The Hall–Kier alpha value is -2.36. The van der Waals surface area contributed by atoms with E-state index in [9.17, 15) is 5.11 Å². The molecule has 2 N–H and O–H groups in total. The van der Waals surface area contributed by atoms with Crippen LogP contribution in [0.2, 0.25) is 18.1 Å². The first-order chi connectivity index (χ1) is 20.1. The molecule has 0 amide bonds. The second-order valence-corrected chi connectivity index (χ2v) is 17.6. The highest BCUT2D eigenvalue weighted by atomic mass is 28.4. The van der Waals surface area contributed by atoms with Crippen molar-refractivity contribution in [2.24, 2.45) is 5.92 Å². The molecule has 0 bridgehead atoms. The third-order valence-corrected chi connectivity index (χ3v) is 13.4. The van der Waals surface area contributed by atoms with Gasteiger partial charge in [0.05, 0.1) is 25.9 Å². The summed E-state index contributed by atoms with van der Waals surface area (Å²) in [5.41, 5.74) is 3.18. The number of benzene rings is 3. The number of nitrogens with one attached hydrogen (secondary N) is 1. The zero-order chi connectivity index (χ0) is 30.2. The summed E-state index contributed by atoms with van der Waals surface area (Å²) in [7, 11) is -0.150. The minimum absolute atomic E-state index is 0.0511. The summed E-state index contributed by atoms with van der Waals surface area (Å²) in [6.45, 7) is 12.8. The summed E-state index contributed by atoms with van der Waals surface area (Å²) >= 11 is 0. The van der Waals surface area contributed by atoms with E-state index in [0.29, 0.717) is 26.4 Å². The van der Waals surface area contributed by atoms with E-state index in [1.54, 1.807) is 0 Å². The number of hydrogen-bond acceptors (Lipinski definition) is 6. The van der Waals surface area contributed by atoms with Crippen molar-refractivity contribution in [1.29, 1.82) is 0 Å². The van der Waals surface area contributed by atoms with Gasteiger partial charge in [-0.25, -0.2) is 0 Å². The van der Waals surface area contributed by atoms with Gasteiger partial charge in [-0.3, -0.25) is 0 Å². The Morgan fingerprint density at radius 3 is 1.48 bits per heavy atom. The van der Waals surface area contributed by atoms with Gasteiger partial charge in [-0.15, -0.1) is 0 Å². The first kappa shape index (κ1) is 32.5. The molecular weight excluding hydrogens is 542 g/mol. The molecule has 1 aliphatic rings. The molecular formula is C35H49NO5Si. The van der Waals surface area contributed by atoms with Gasteiger partial charge in [-0.2, -0.15) is 0 Å². The van der Waals surface area contributed by atoms with Crippen LogP contribution in [0.1, 0.15) is 37.5 Å². The molecule has 7 heteroatoms. The topological polar surface area (TPSA) is 69.2 Å². The van der Waals surface area contributed by atoms with E-state index in [1.807, 2.05) is 85.9 Å². The van der Waals surface area contributed by atoms with Gasteiger partial charge in [0, 0.05) is 18.6 Å². The van der Waals surface area contributed by atoms with Crippen molar-refractivity contribution in [1.82, 2.24) is 5.32 Å². The molecule has 0 aliphatic heterocycles. The fourth-order valence-corrected chi connectivity index (χ4v) is 6.31. The number of likely N-dealkylation sites (N-methyl/N-ethyl adjacent to an activating group) is 1. The maximum absolute atomic E-state index is 12.0. The molecule has 228 valence electrons. The van der Waals surface area contributed by atoms with Gasteiger partial charge in [-0.05, 0) is 41.9 Å². The molecule has 1 saturated carbocycles. The van der Waals surface area contributed by atoms with Crippen molar-refractivity contribution in [3.8, 4) is 0 Å². The molecule has 4 rings (SSSR count). The van der Waals surface area contributed by atoms with Crippen LogP contribution >= 0.6 is 0 Å². The quantitative estimate of drug-likeness (QED) is 0.226. The van der Waals surface area contributed by atoms with Crippen LogP contribution in [0.4, 0.5) is 0 Å². The van der Waals surface area contributed by atoms with Gasteiger partial charge in [-0.1, -0.05) is 112 Å². The lowest BCUT2D eigenvalue weighted by Gasteiger charge is -2.50. The van der Waals surface area contributed by atoms with Crippen LogP contribution in [0, 0.1) is 5.92 Å². The van der Waals surface area contributed by atoms with E-state index in [4.69, 9.17) is 18.6 Å². The Morgan fingerprint density at radius 2 is 1.07 bits per heavy atom. The van der Waals surface area contributed by atoms with Gasteiger partial charge in [0.2, 0.25) is 0 Å². The highest BCUT2D eigenvalue weighted by molar-refractivity contribution is 6.74. The molecule has 3 aromatic carbocycles. The molecule has 3 aromatic rings. The van der Waals surface area contributed by atoms with Gasteiger partial charge >= 0.3 is 0 Å². The highest BCUT2D eigenvalue weighted by Gasteiger charge is 2.52. The predicted octanol–water partition coefficient (Wildman–Crippen LogP) is 6.34. The minimum atomic E-state index is -2.08. The van der Waals surface area contributed by atoms with Crippen LogP contribution in [-0.2, 0) is 38.5 Å². The van der Waals surface area contributed by atoms with E-state index < -0.39 is 32.7 Å². The Labute approximate surface area is 253 Å². The fraction of sp³-hybridized carbons (Fsp3) is 0.486. The Kier molecular flexibility index (Phi) is 11.5. The van der Waals surface area contributed by atoms with E-state index >= 15 is 0 Å². The number of ether oxygens (including phenoxy) is 3. The standard InChI is InChI=1S/C35H49NO5Si/c1-35(2,3)42(5,6)41-25-29-30(36-4)32(38-22-26-16-10-7-11-17-26)34(40-24-28-20-14-9-15-21-28)33(31(29)37)39-23-27-18-12-8-13-19-27/h7-21,29-34,36-37H,22-25H2,1-6H3/t29-,30+,31-,32-,33-,34-/m1/s1. The molecule has 1 aliphatic carbocycles. The lowest BCUT2D eigenvalue weighted by atomic mass is 9.76. The van der Waals surface area contributed by atoms with E-state index in [2.05, 4.69) is 51.3 Å². The zero-order valence-corrected chi connectivity index (χ0v) is 27.0. The third-order valence-electron chi connectivity index (χ3n) is 8.87. The highest BCUT2D eigenvalue weighted by Crippen LogP contribution is 2.39. The summed E-state index contributed by atoms with van der Waals surface area (Å²) in [6, 6.07) is 30.1. The number of aliphatic hydroxyl groups is 1. The summed E-state index contributed by atoms with van der Waals surface area (Å²) < 4.78 is 26.6.